The number of nitrogens with zero attached hydrogens (tertiary/aromatic N) is 3. The van der Waals surface area contributed by atoms with Gasteiger partial charge in [0, 0.05) is 29.4 Å². The predicted octanol–water partition coefficient (Wildman–Crippen LogP) is 4.11. The van der Waals surface area contributed by atoms with Crippen molar-refractivity contribution in [2.75, 3.05) is 38.6 Å². The summed E-state index contributed by atoms with van der Waals surface area (Å²) in [6.45, 7) is 4.13. The first-order chi connectivity index (χ1) is 15.3. The van der Waals surface area contributed by atoms with Gasteiger partial charge in [0.1, 0.15) is 11.6 Å². The fourth-order valence-electron chi connectivity index (χ4n) is 4.28. The van der Waals surface area contributed by atoms with E-state index in [1.807, 2.05) is 42.5 Å². The Morgan fingerprint density at radius 2 is 1.97 bits per heavy atom. The first-order valence-electron chi connectivity index (χ1n) is 10.6. The minimum Gasteiger partial charge on any atom is -0.497 e. The Bertz CT molecular complexity index is 1240. The standard InChI is InChI=1S/C24H25N5O2/c1-31-16-8-9-21-18(14-16)19(15-30)22(26-21)24-27-20-7-3-2-6-17(20)23(28-24)25-10-13-29-11-4-5-12-29/h2-3,6-9,14-15,26H,4-5,10-13H2,1H3,(H,25,27,28). The van der Waals surface area contributed by atoms with Crippen molar-refractivity contribution in [3.8, 4) is 17.3 Å². The van der Waals surface area contributed by atoms with Crippen LogP contribution in [0, 0.1) is 0 Å². The van der Waals surface area contributed by atoms with Crippen LogP contribution in [0.2, 0.25) is 0 Å². The van der Waals surface area contributed by atoms with E-state index in [1.54, 1.807) is 7.11 Å². The lowest BCUT2D eigenvalue weighted by atomic mass is 10.1. The molecule has 0 radical (unpaired) electrons. The maximum atomic E-state index is 12.0. The molecule has 1 fully saturated rings. The normalized spacial score (nSPS) is 14.4. The molecular formula is C24H25N5O2. The number of H-pyrrole nitrogens is 1. The van der Waals surface area contributed by atoms with Gasteiger partial charge < -0.3 is 19.9 Å². The molecule has 0 spiro atoms. The van der Waals surface area contributed by atoms with Crippen molar-refractivity contribution in [2.24, 2.45) is 0 Å². The van der Waals surface area contributed by atoms with Crippen molar-refractivity contribution >= 4 is 33.9 Å². The van der Waals surface area contributed by atoms with Crippen LogP contribution in [0.25, 0.3) is 33.3 Å². The van der Waals surface area contributed by atoms with Crippen LogP contribution >= 0.6 is 0 Å². The summed E-state index contributed by atoms with van der Waals surface area (Å²) in [5, 5.41) is 5.27. The van der Waals surface area contributed by atoms with Crippen LogP contribution in [-0.2, 0) is 0 Å². The van der Waals surface area contributed by atoms with Gasteiger partial charge in [0.2, 0.25) is 0 Å². The van der Waals surface area contributed by atoms with E-state index in [1.165, 1.54) is 25.9 Å². The molecule has 0 bridgehead atoms. The molecule has 31 heavy (non-hydrogen) atoms. The molecule has 0 atom stereocenters. The van der Waals surface area contributed by atoms with Gasteiger partial charge in [-0.05, 0) is 56.3 Å². The van der Waals surface area contributed by atoms with E-state index in [4.69, 9.17) is 14.7 Å². The van der Waals surface area contributed by atoms with Gasteiger partial charge in [-0.15, -0.1) is 0 Å². The Labute approximate surface area is 180 Å². The highest BCUT2D eigenvalue weighted by Crippen LogP contribution is 2.32. The average molecular weight is 415 g/mol. The third-order valence-corrected chi connectivity index (χ3v) is 5.91. The molecule has 0 aliphatic carbocycles. The Balaban J connectivity index is 1.56. The van der Waals surface area contributed by atoms with E-state index in [-0.39, 0.29) is 0 Å². The highest BCUT2D eigenvalue weighted by atomic mass is 16.5. The Hall–Kier alpha value is -3.45. The van der Waals surface area contributed by atoms with Crippen molar-refractivity contribution in [1.82, 2.24) is 19.9 Å². The maximum Gasteiger partial charge on any atom is 0.179 e. The maximum absolute atomic E-state index is 12.0. The first-order valence-corrected chi connectivity index (χ1v) is 10.6. The summed E-state index contributed by atoms with van der Waals surface area (Å²) in [4.78, 5) is 27.4. The molecule has 158 valence electrons. The number of hydrogen-bond acceptors (Lipinski definition) is 6. The second kappa shape index (κ2) is 8.35. The van der Waals surface area contributed by atoms with Gasteiger partial charge in [0.25, 0.3) is 0 Å². The molecule has 5 rings (SSSR count). The zero-order valence-electron chi connectivity index (χ0n) is 17.5. The lowest BCUT2D eigenvalue weighted by Crippen LogP contribution is -2.26. The van der Waals surface area contributed by atoms with Gasteiger partial charge in [-0.3, -0.25) is 4.79 Å². The molecule has 0 amide bonds. The molecule has 1 aliphatic rings. The van der Waals surface area contributed by atoms with Gasteiger partial charge in [-0.2, -0.15) is 0 Å². The van der Waals surface area contributed by atoms with Gasteiger partial charge in [0.05, 0.1) is 23.9 Å². The lowest BCUT2D eigenvalue weighted by Gasteiger charge is -2.16. The number of methoxy groups -OCH3 is 1. The van der Waals surface area contributed by atoms with Gasteiger partial charge in [-0.25, -0.2) is 9.97 Å². The van der Waals surface area contributed by atoms with Crippen LogP contribution < -0.4 is 10.1 Å². The van der Waals surface area contributed by atoms with Crippen LogP contribution in [0.3, 0.4) is 0 Å². The monoisotopic (exact) mass is 415 g/mol. The van der Waals surface area contributed by atoms with Crippen LogP contribution in [0.5, 0.6) is 5.75 Å². The molecule has 7 heteroatoms. The molecule has 1 aliphatic heterocycles. The zero-order chi connectivity index (χ0) is 21.2. The van der Waals surface area contributed by atoms with E-state index >= 15 is 0 Å². The number of para-hydroxylation sites is 1. The van der Waals surface area contributed by atoms with Crippen molar-refractivity contribution in [2.45, 2.75) is 12.8 Å². The van der Waals surface area contributed by atoms with Crippen LogP contribution in [0.15, 0.2) is 42.5 Å². The Morgan fingerprint density at radius 3 is 2.77 bits per heavy atom. The van der Waals surface area contributed by atoms with Gasteiger partial charge in [-0.1, -0.05) is 12.1 Å². The predicted molar refractivity (Wildman–Crippen MR) is 123 cm³/mol. The number of carbonyl (C=O) groups excluding carboxylic acids is 1. The number of fused-ring (bicyclic) bond motifs is 2. The minimum atomic E-state index is 0.500. The summed E-state index contributed by atoms with van der Waals surface area (Å²) in [6, 6.07) is 13.6. The van der Waals surface area contributed by atoms with Gasteiger partial charge >= 0.3 is 0 Å². The second-order valence-corrected chi connectivity index (χ2v) is 7.83. The zero-order valence-corrected chi connectivity index (χ0v) is 17.5. The van der Waals surface area contributed by atoms with Crippen molar-refractivity contribution in [1.29, 1.82) is 0 Å². The number of aldehydes is 1. The summed E-state index contributed by atoms with van der Waals surface area (Å²) >= 11 is 0. The summed E-state index contributed by atoms with van der Waals surface area (Å²) in [5.41, 5.74) is 2.83. The van der Waals surface area contributed by atoms with E-state index < -0.39 is 0 Å². The molecule has 7 nitrogen and oxygen atoms in total. The van der Waals surface area contributed by atoms with Crippen LogP contribution in [0.1, 0.15) is 23.2 Å². The summed E-state index contributed by atoms with van der Waals surface area (Å²) in [6.07, 6.45) is 3.41. The molecule has 0 unspecified atom stereocenters. The molecule has 2 aromatic heterocycles. The number of benzene rings is 2. The molecule has 0 saturated carbocycles. The Morgan fingerprint density at radius 1 is 1.13 bits per heavy atom. The number of rotatable bonds is 7. The van der Waals surface area contributed by atoms with Crippen molar-refractivity contribution in [3.63, 3.8) is 0 Å². The van der Waals surface area contributed by atoms with E-state index in [0.29, 0.717) is 22.8 Å². The number of hydrogen-bond donors (Lipinski definition) is 2. The minimum absolute atomic E-state index is 0.500. The molecule has 2 N–H and O–H groups in total. The number of likely N-dealkylation sites (tertiary alicyclic amines) is 1. The second-order valence-electron chi connectivity index (χ2n) is 7.83. The quantitative estimate of drug-likeness (QED) is 0.442. The number of ether oxygens (including phenoxy) is 1. The number of aromatic nitrogens is 3. The smallest absolute Gasteiger partial charge is 0.179 e. The van der Waals surface area contributed by atoms with Crippen LogP contribution in [0.4, 0.5) is 5.82 Å². The number of nitrogens with one attached hydrogen (secondary N) is 2. The van der Waals surface area contributed by atoms with E-state index in [9.17, 15) is 4.79 Å². The topological polar surface area (TPSA) is 83.1 Å². The van der Waals surface area contributed by atoms with Crippen molar-refractivity contribution in [3.05, 3.63) is 48.0 Å². The largest absolute Gasteiger partial charge is 0.497 e. The first kappa shape index (κ1) is 19.5. The fourth-order valence-corrected chi connectivity index (χ4v) is 4.28. The average Bonchev–Trinajstić information content (AvgIpc) is 3.45. The third-order valence-electron chi connectivity index (χ3n) is 5.91. The van der Waals surface area contributed by atoms with Crippen LogP contribution in [-0.4, -0.2) is 59.4 Å². The molecule has 1 saturated heterocycles. The van der Waals surface area contributed by atoms with E-state index in [0.717, 1.165) is 47.0 Å². The van der Waals surface area contributed by atoms with Crippen molar-refractivity contribution < 1.29 is 9.53 Å². The number of anilines is 1. The highest BCUT2D eigenvalue weighted by Gasteiger charge is 2.18. The third kappa shape index (κ3) is 3.72. The van der Waals surface area contributed by atoms with Gasteiger partial charge in [0.15, 0.2) is 12.1 Å². The van der Waals surface area contributed by atoms with E-state index in [2.05, 4.69) is 15.2 Å². The summed E-state index contributed by atoms with van der Waals surface area (Å²) in [5.74, 6) is 1.98. The SMILES string of the molecule is COc1ccc2[nH]c(-c3nc(NCCN4CCCC4)c4ccccc4n3)c(C=O)c2c1. The number of aromatic amines is 1. The Kier molecular flexibility index (Phi) is 5.26. The highest BCUT2D eigenvalue weighted by molar-refractivity contribution is 6.04. The molecule has 4 aromatic rings. The fraction of sp³-hybridized carbons (Fsp3) is 0.292. The lowest BCUT2D eigenvalue weighted by molar-refractivity contribution is 0.112. The summed E-state index contributed by atoms with van der Waals surface area (Å²) < 4.78 is 5.32. The molecule has 3 heterocycles. The molecular weight excluding hydrogens is 390 g/mol. The molecule has 2 aromatic carbocycles. The number of carbonyl (C=O) groups is 1. The summed E-state index contributed by atoms with van der Waals surface area (Å²) in [7, 11) is 1.61.